The highest BCUT2D eigenvalue weighted by Crippen LogP contribution is 2.35. The Balaban J connectivity index is 0.00000300. The van der Waals surface area contributed by atoms with Crippen LogP contribution in [0.25, 0.3) is 0 Å². The molecule has 0 spiro atoms. The molecule has 0 bridgehead atoms. The number of hydrogen-bond acceptors (Lipinski definition) is 3. The Morgan fingerprint density at radius 3 is 2.34 bits per heavy atom. The van der Waals surface area contributed by atoms with Gasteiger partial charge in [0.2, 0.25) is 0 Å². The van der Waals surface area contributed by atoms with Gasteiger partial charge in [-0.2, -0.15) is 0 Å². The molecule has 0 aliphatic carbocycles. The van der Waals surface area contributed by atoms with Crippen LogP contribution in [0.1, 0.15) is 18.4 Å². The normalized spacial score (nSPS) is 16.6. The molecule has 158 valence electrons. The maximum Gasteiger partial charge on any atom is 0.573 e. The van der Waals surface area contributed by atoms with Crippen LogP contribution in [0, 0.1) is 0 Å². The van der Waals surface area contributed by atoms with Crippen LogP contribution >= 0.6 is 24.0 Å². The van der Waals surface area contributed by atoms with Crippen LogP contribution in [0.5, 0.6) is 5.75 Å². The Bertz CT molecular complexity index is 810. The Kier molecular flexibility index (Phi) is 8.14. The van der Waals surface area contributed by atoms with Crippen LogP contribution in [-0.4, -0.2) is 32.1 Å². The van der Waals surface area contributed by atoms with E-state index < -0.39 is 6.36 Å². The quantitative estimate of drug-likeness (QED) is 0.341. The molecule has 3 N–H and O–H groups in total. The molecule has 3 rings (SSSR count). The van der Waals surface area contributed by atoms with Crippen molar-refractivity contribution < 1.29 is 22.6 Å². The number of nitrogens with zero attached hydrogens (tertiary/aromatic N) is 1. The Morgan fingerprint density at radius 2 is 1.69 bits per heavy atom. The highest BCUT2D eigenvalue weighted by atomic mass is 127. The fraction of sp³-hybridized carbons (Fsp3) is 0.350. The van der Waals surface area contributed by atoms with E-state index >= 15 is 0 Å². The van der Waals surface area contributed by atoms with E-state index in [4.69, 9.17) is 10.5 Å². The third-order valence-electron chi connectivity index (χ3n) is 4.76. The van der Waals surface area contributed by atoms with Crippen LogP contribution in [0.4, 0.5) is 18.9 Å². The molecule has 2 aromatic rings. The van der Waals surface area contributed by atoms with Crippen molar-refractivity contribution in [3.63, 3.8) is 0 Å². The highest BCUT2D eigenvalue weighted by Gasteiger charge is 2.34. The number of anilines is 1. The smallest absolute Gasteiger partial charge is 0.404 e. The monoisotopic (exact) mass is 521 g/mol. The van der Waals surface area contributed by atoms with Crippen molar-refractivity contribution in [3.8, 4) is 5.75 Å². The first-order chi connectivity index (χ1) is 13.4. The summed E-state index contributed by atoms with van der Waals surface area (Å²) < 4.78 is 47.2. The van der Waals surface area contributed by atoms with E-state index in [0.29, 0.717) is 19.8 Å². The predicted molar refractivity (Wildman–Crippen MR) is 117 cm³/mol. The number of benzene rings is 2. The molecule has 0 unspecified atom stereocenters. The molecule has 0 amide bonds. The maximum absolute atomic E-state index is 12.6. The SMILES string of the molecule is I.NC(=NCC1(c2ccccc2)CCOCC1)Nc1ccccc1OC(F)(F)F. The topological polar surface area (TPSA) is 68.9 Å². The fourth-order valence-corrected chi connectivity index (χ4v) is 3.29. The van der Waals surface area contributed by atoms with Crippen molar-refractivity contribution in [2.45, 2.75) is 24.6 Å². The molecular weight excluding hydrogens is 498 g/mol. The van der Waals surface area contributed by atoms with Crippen LogP contribution in [0.3, 0.4) is 0 Å². The van der Waals surface area contributed by atoms with Gasteiger partial charge in [-0.3, -0.25) is 4.99 Å². The minimum atomic E-state index is -4.79. The van der Waals surface area contributed by atoms with Crippen LogP contribution < -0.4 is 15.8 Å². The van der Waals surface area contributed by atoms with Gasteiger partial charge in [0.25, 0.3) is 0 Å². The Morgan fingerprint density at radius 1 is 1.07 bits per heavy atom. The lowest BCUT2D eigenvalue weighted by Gasteiger charge is -2.36. The molecule has 1 heterocycles. The van der Waals surface area contributed by atoms with Gasteiger partial charge in [-0.1, -0.05) is 42.5 Å². The largest absolute Gasteiger partial charge is 0.573 e. The summed E-state index contributed by atoms with van der Waals surface area (Å²) in [6.45, 7) is 1.65. The molecule has 2 aromatic carbocycles. The summed E-state index contributed by atoms with van der Waals surface area (Å²) in [7, 11) is 0. The zero-order valence-electron chi connectivity index (χ0n) is 15.6. The molecule has 0 aromatic heterocycles. The van der Waals surface area contributed by atoms with Crippen LogP contribution in [-0.2, 0) is 10.2 Å². The Hall–Kier alpha value is -2.01. The summed E-state index contributed by atoms with van der Waals surface area (Å²) in [6.07, 6.45) is -3.20. The predicted octanol–water partition coefficient (Wildman–Crippen LogP) is 4.68. The minimum absolute atomic E-state index is 0. The van der Waals surface area contributed by atoms with Crippen molar-refractivity contribution in [2.75, 3.05) is 25.1 Å². The van der Waals surface area contributed by atoms with Gasteiger partial charge in [0, 0.05) is 18.6 Å². The summed E-state index contributed by atoms with van der Waals surface area (Å²) in [6, 6.07) is 15.7. The number of aliphatic imine (C=N–C) groups is 1. The van der Waals surface area contributed by atoms with E-state index in [-0.39, 0.29) is 46.8 Å². The number of alkyl halides is 3. The number of rotatable bonds is 5. The number of para-hydroxylation sites is 2. The molecule has 1 saturated heterocycles. The molecule has 0 radical (unpaired) electrons. The van der Waals surface area contributed by atoms with Gasteiger partial charge in [0.05, 0.1) is 12.2 Å². The number of ether oxygens (including phenoxy) is 2. The van der Waals surface area contributed by atoms with Gasteiger partial charge in [-0.15, -0.1) is 37.1 Å². The second-order valence-electron chi connectivity index (χ2n) is 6.63. The van der Waals surface area contributed by atoms with Crippen LogP contribution in [0.15, 0.2) is 59.6 Å². The third kappa shape index (κ3) is 6.49. The summed E-state index contributed by atoms with van der Waals surface area (Å²) in [4.78, 5) is 4.42. The van der Waals surface area contributed by atoms with Crippen molar-refractivity contribution in [3.05, 3.63) is 60.2 Å². The molecular formula is C20H23F3IN3O2. The van der Waals surface area contributed by atoms with Crippen molar-refractivity contribution in [2.24, 2.45) is 10.7 Å². The maximum atomic E-state index is 12.6. The summed E-state index contributed by atoms with van der Waals surface area (Å²) in [5, 5.41) is 2.71. The van der Waals surface area contributed by atoms with Crippen molar-refractivity contribution >= 4 is 35.6 Å². The molecule has 1 aliphatic rings. The lowest BCUT2D eigenvalue weighted by atomic mass is 9.74. The molecule has 0 atom stereocenters. The van der Waals surface area contributed by atoms with Gasteiger partial charge in [0.15, 0.2) is 11.7 Å². The van der Waals surface area contributed by atoms with E-state index in [9.17, 15) is 13.2 Å². The average Bonchev–Trinajstić information content (AvgIpc) is 2.68. The lowest BCUT2D eigenvalue weighted by molar-refractivity contribution is -0.274. The van der Waals surface area contributed by atoms with Gasteiger partial charge < -0.3 is 20.5 Å². The lowest BCUT2D eigenvalue weighted by Crippen LogP contribution is -2.38. The first-order valence-electron chi connectivity index (χ1n) is 8.93. The second-order valence-corrected chi connectivity index (χ2v) is 6.63. The number of guanidine groups is 1. The second kappa shape index (κ2) is 10.1. The number of nitrogens with two attached hydrogens (primary N) is 1. The van der Waals surface area contributed by atoms with Crippen LogP contribution in [0.2, 0.25) is 0 Å². The van der Waals surface area contributed by atoms with Gasteiger partial charge in [-0.25, -0.2) is 0 Å². The molecule has 9 heteroatoms. The summed E-state index contributed by atoms with van der Waals surface area (Å²) in [5.41, 5.74) is 7.00. The molecule has 5 nitrogen and oxygen atoms in total. The molecule has 29 heavy (non-hydrogen) atoms. The van der Waals surface area contributed by atoms with Gasteiger partial charge in [0.1, 0.15) is 0 Å². The first kappa shape index (κ1) is 23.3. The minimum Gasteiger partial charge on any atom is -0.404 e. The van der Waals surface area contributed by atoms with E-state index in [1.807, 2.05) is 18.2 Å². The number of halogens is 4. The summed E-state index contributed by atoms with van der Waals surface area (Å²) >= 11 is 0. The molecule has 0 saturated carbocycles. The van der Waals surface area contributed by atoms with E-state index in [1.54, 1.807) is 6.07 Å². The zero-order chi connectivity index (χ0) is 20.0. The van der Waals surface area contributed by atoms with E-state index in [2.05, 4.69) is 27.2 Å². The third-order valence-corrected chi connectivity index (χ3v) is 4.76. The molecule has 1 aliphatic heterocycles. The Labute approximate surface area is 184 Å². The fourth-order valence-electron chi connectivity index (χ4n) is 3.29. The average molecular weight is 521 g/mol. The van der Waals surface area contributed by atoms with E-state index in [0.717, 1.165) is 18.4 Å². The zero-order valence-corrected chi connectivity index (χ0v) is 17.9. The number of nitrogens with one attached hydrogen (secondary N) is 1. The highest BCUT2D eigenvalue weighted by molar-refractivity contribution is 14.0. The number of hydrogen-bond donors (Lipinski definition) is 2. The van der Waals surface area contributed by atoms with E-state index in [1.165, 1.54) is 18.2 Å². The first-order valence-corrected chi connectivity index (χ1v) is 8.93. The van der Waals surface area contributed by atoms with Gasteiger partial charge >= 0.3 is 6.36 Å². The van der Waals surface area contributed by atoms with Crippen molar-refractivity contribution in [1.29, 1.82) is 0 Å². The van der Waals surface area contributed by atoms with Crippen molar-refractivity contribution in [1.82, 2.24) is 0 Å². The standard InChI is InChI=1S/C20H22F3N3O2.HI/c21-20(22,23)28-17-9-5-4-8-16(17)26-18(24)25-14-19(10-12-27-13-11-19)15-6-2-1-3-7-15;/h1-9H,10-14H2,(H3,24,25,26);1H. The van der Waals surface area contributed by atoms with Gasteiger partial charge in [-0.05, 0) is 30.5 Å². The summed E-state index contributed by atoms with van der Waals surface area (Å²) in [5.74, 6) is -0.336. The molecule has 1 fully saturated rings.